The van der Waals surface area contributed by atoms with Crippen LogP contribution in [0, 0.1) is 0 Å². The number of nitrogens with two attached hydrogens (primary N) is 1. The second-order valence-corrected chi connectivity index (χ2v) is 3.61. The lowest BCUT2D eigenvalue weighted by atomic mass is 9.99. The summed E-state index contributed by atoms with van der Waals surface area (Å²) in [7, 11) is 0. The third-order valence-electron chi connectivity index (χ3n) is 2.67. The van der Waals surface area contributed by atoms with Gasteiger partial charge in [0.15, 0.2) is 0 Å². The van der Waals surface area contributed by atoms with Crippen LogP contribution in [-0.4, -0.2) is 11.9 Å². The molecule has 0 saturated carbocycles. The minimum Gasteiger partial charge on any atom is -0.398 e. The summed E-state index contributed by atoms with van der Waals surface area (Å²) in [6.45, 7) is 0. The highest BCUT2D eigenvalue weighted by molar-refractivity contribution is 6.23. The summed E-state index contributed by atoms with van der Waals surface area (Å²) in [5.41, 5.74) is 6.48. The van der Waals surface area contributed by atoms with E-state index in [1.165, 1.54) is 0 Å². The van der Waals surface area contributed by atoms with Gasteiger partial charge < -0.3 is 10.5 Å². The van der Waals surface area contributed by atoms with Crippen molar-refractivity contribution in [1.29, 1.82) is 0 Å². The fourth-order valence-electron chi connectivity index (χ4n) is 1.99. The lowest BCUT2D eigenvalue weighted by Gasteiger charge is -2.03. The molecule has 0 bridgehead atoms. The monoisotopic (exact) mass is 213 g/mol. The molecule has 0 unspecified atom stereocenters. The Morgan fingerprint density at radius 2 is 1.69 bits per heavy atom. The predicted molar refractivity (Wildman–Crippen MR) is 58.1 cm³/mol. The van der Waals surface area contributed by atoms with Crippen LogP contribution in [0.1, 0.15) is 20.7 Å². The van der Waals surface area contributed by atoms with Crippen LogP contribution in [0.3, 0.4) is 0 Å². The molecule has 2 N–H and O–H groups in total. The number of benzene rings is 2. The fourth-order valence-corrected chi connectivity index (χ4v) is 1.99. The standard InChI is InChI=1S/C12H7NO3/c13-8-5-6-3-1-2-4-7(6)9-10(8)12(15)16-11(9)14/h1-5H,13H2. The number of hydrogen-bond donors (Lipinski definition) is 1. The van der Waals surface area contributed by atoms with Gasteiger partial charge in [-0.15, -0.1) is 0 Å². The number of rotatable bonds is 0. The SMILES string of the molecule is Nc1cc2ccccc2c2c1C(=O)OC2=O. The second kappa shape index (κ2) is 2.82. The molecular weight excluding hydrogens is 206 g/mol. The molecule has 0 radical (unpaired) electrons. The van der Waals surface area contributed by atoms with Crippen LogP contribution in [0.5, 0.6) is 0 Å². The maximum atomic E-state index is 11.5. The lowest BCUT2D eigenvalue weighted by Crippen LogP contribution is -2.00. The minimum absolute atomic E-state index is 0.184. The van der Waals surface area contributed by atoms with Crippen molar-refractivity contribution in [3.05, 3.63) is 41.5 Å². The molecule has 4 nitrogen and oxygen atoms in total. The zero-order valence-corrected chi connectivity index (χ0v) is 8.19. The Kier molecular flexibility index (Phi) is 1.57. The van der Waals surface area contributed by atoms with Crippen molar-refractivity contribution in [2.24, 2.45) is 0 Å². The number of fused-ring (bicyclic) bond motifs is 3. The van der Waals surface area contributed by atoms with Gasteiger partial charge in [0.1, 0.15) is 0 Å². The van der Waals surface area contributed by atoms with Gasteiger partial charge in [-0.05, 0) is 16.8 Å². The van der Waals surface area contributed by atoms with Gasteiger partial charge in [-0.3, -0.25) is 0 Å². The number of carbonyl (C=O) groups is 2. The summed E-state index contributed by atoms with van der Waals surface area (Å²) in [5, 5.41) is 1.52. The number of ether oxygens (including phenoxy) is 1. The first-order valence-electron chi connectivity index (χ1n) is 4.76. The Morgan fingerprint density at radius 1 is 1.00 bits per heavy atom. The number of carbonyl (C=O) groups excluding carboxylic acids is 2. The van der Waals surface area contributed by atoms with Crippen LogP contribution in [0.4, 0.5) is 5.69 Å². The van der Waals surface area contributed by atoms with Gasteiger partial charge in [-0.1, -0.05) is 24.3 Å². The Balaban J connectivity index is 2.54. The molecule has 16 heavy (non-hydrogen) atoms. The normalized spacial score (nSPS) is 14.0. The minimum atomic E-state index is -0.664. The maximum Gasteiger partial charge on any atom is 0.349 e. The molecule has 4 heteroatoms. The highest BCUT2D eigenvalue weighted by Crippen LogP contribution is 2.32. The first-order chi connectivity index (χ1) is 7.68. The molecule has 0 aromatic heterocycles. The summed E-state index contributed by atoms with van der Waals surface area (Å²) < 4.78 is 4.56. The quantitative estimate of drug-likeness (QED) is 0.411. The summed E-state index contributed by atoms with van der Waals surface area (Å²) in [6, 6.07) is 8.93. The predicted octanol–water partition coefficient (Wildman–Crippen LogP) is 1.73. The highest BCUT2D eigenvalue weighted by Gasteiger charge is 2.33. The van der Waals surface area contributed by atoms with Gasteiger partial charge in [-0.25, -0.2) is 9.59 Å². The van der Waals surface area contributed by atoms with Crippen LogP contribution in [-0.2, 0) is 4.74 Å². The summed E-state index contributed by atoms with van der Waals surface area (Å²) in [5.74, 6) is -1.29. The first kappa shape index (κ1) is 8.91. The highest BCUT2D eigenvalue weighted by atomic mass is 16.6. The van der Waals surface area contributed by atoms with Crippen molar-refractivity contribution in [3.63, 3.8) is 0 Å². The average molecular weight is 213 g/mol. The van der Waals surface area contributed by atoms with Gasteiger partial charge in [0.2, 0.25) is 0 Å². The Labute approximate surface area is 90.6 Å². The second-order valence-electron chi connectivity index (χ2n) is 3.61. The van der Waals surface area contributed by atoms with E-state index in [0.29, 0.717) is 5.39 Å². The van der Waals surface area contributed by atoms with Crippen molar-refractivity contribution in [2.75, 3.05) is 5.73 Å². The van der Waals surface area contributed by atoms with E-state index in [-0.39, 0.29) is 16.8 Å². The molecule has 3 rings (SSSR count). The van der Waals surface area contributed by atoms with Crippen LogP contribution in [0.15, 0.2) is 30.3 Å². The van der Waals surface area contributed by atoms with E-state index in [4.69, 9.17) is 5.73 Å². The molecule has 1 aliphatic heterocycles. The topological polar surface area (TPSA) is 69.4 Å². The lowest BCUT2D eigenvalue weighted by molar-refractivity contribution is 0.0445. The molecule has 0 fully saturated rings. The smallest absolute Gasteiger partial charge is 0.349 e. The first-order valence-corrected chi connectivity index (χ1v) is 4.76. The molecule has 78 valence electrons. The molecule has 1 aliphatic rings. The van der Waals surface area contributed by atoms with Crippen LogP contribution >= 0.6 is 0 Å². The van der Waals surface area contributed by atoms with Gasteiger partial charge in [0.05, 0.1) is 11.1 Å². The molecule has 1 heterocycles. The van der Waals surface area contributed by atoms with Crippen molar-refractivity contribution in [2.45, 2.75) is 0 Å². The Morgan fingerprint density at radius 3 is 2.50 bits per heavy atom. The maximum absolute atomic E-state index is 11.5. The fraction of sp³-hybridized carbons (Fsp3) is 0. The molecule has 0 saturated heterocycles. The number of esters is 2. The molecule has 2 aromatic carbocycles. The average Bonchev–Trinajstić information content (AvgIpc) is 2.55. The molecule has 2 aromatic rings. The Hall–Kier alpha value is -2.36. The van der Waals surface area contributed by atoms with E-state index in [1.54, 1.807) is 18.2 Å². The zero-order chi connectivity index (χ0) is 11.3. The van der Waals surface area contributed by atoms with Crippen LogP contribution < -0.4 is 5.73 Å². The zero-order valence-electron chi connectivity index (χ0n) is 8.19. The van der Waals surface area contributed by atoms with Gasteiger partial charge >= 0.3 is 11.9 Å². The van der Waals surface area contributed by atoms with Gasteiger partial charge in [-0.2, -0.15) is 0 Å². The van der Waals surface area contributed by atoms with Crippen LogP contribution in [0.25, 0.3) is 10.8 Å². The summed E-state index contributed by atoms with van der Waals surface area (Å²) >= 11 is 0. The van der Waals surface area contributed by atoms with E-state index in [2.05, 4.69) is 4.74 Å². The molecule has 0 amide bonds. The number of nitrogen functional groups attached to an aromatic ring is 1. The van der Waals surface area contributed by atoms with Gasteiger partial charge in [0, 0.05) is 5.69 Å². The van der Waals surface area contributed by atoms with Gasteiger partial charge in [0.25, 0.3) is 0 Å². The van der Waals surface area contributed by atoms with E-state index < -0.39 is 11.9 Å². The van der Waals surface area contributed by atoms with E-state index in [1.807, 2.05) is 12.1 Å². The van der Waals surface area contributed by atoms with Crippen molar-refractivity contribution in [3.8, 4) is 0 Å². The summed E-state index contributed by atoms with van der Waals surface area (Å²) in [4.78, 5) is 23.0. The largest absolute Gasteiger partial charge is 0.398 e. The van der Waals surface area contributed by atoms with Crippen molar-refractivity contribution >= 4 is 28.4 Å². The Bertz CT molecular complexity index is 646. The van der Waals surface area contributed by atoms with Crippen molar-refractivity contribution in [1.82, 2.24) is 0 Å². The third-order valence-corrected chi connectivity index (χ3v) is 2.67. The molecular formula is C12H7NO3. The molecule has 0 aliphatic carbocycles. The number of cyclic esters (lactones) is 2. The van der Waals surface area contributed by atoms with E-state index in [0.717, 1.165) is 5.39 Å². The number of anilines is 1. The number of hydrogen-bond acceptors (Lipinski definition) is 4. The van der Waals surface area contributed by atoms with Crippen LogP contribution in [0.2, 0.25) is 0 Å². The third kappa shape index (κ3) is 0.982. The van der Waals surface area contributed by atoms with E-state index in [9.17, 15) is 9.59 Å². The summed E-state index contributed by atoms with van der Waals surface area (Å²) in [6.07, 6.45) is 0. The van der Waals surface area contributed by atoms with E-state index >= 15 is 0 Å². The van der Waals surface area contributed by atoms with Crippen molar-refractivity contribution < 1.29 is 14.3 Å². The molecule has 0 spiro atoms. The molecule has 0 atom stereocenters.